The lowest BCUT2D eigenvalue weighted by Gasteiger charge is -2.07. The molecule has 29 heavy (non-hydrogen) atoms. The Hall–Kier alpha value is -2.45. The summed E-state index contributed by atoms with van der Waals surface area (Å²) in [5.41, 5.74) is 1.35. The Labute approximate surface area is 177 Å². The predicted molar refractivity (Wildman–Crippen MR) is 118 cm³/mol. The maximum atomic E-state index is 12.6. The highest BCUT2D eigenvalue weighted by Crippen LogP contribution is 2.37. The third kappa shape index (κ3) is 5.13. The fourth-order valence-corrected chi connectivity index (χ4v) is 4.98. The fraction of sp³-hybridized carbons (Fsp3) is 0.381. The molecule has 154 valence electrons. The molecule has 3 aromatic rings. The number of nitrogens with zero attached hydrogens (tertiary/aromatic N) is 1. The molecule has 3 rings (SSSR count). The van der Waals surface area contributed by atoms with Crippen LogP contribution in [0.3, 0.4) is 0 Å². The molecule has 6 nitrogen and oxygen atoms in total. The van der Waals surface area contributed by atoms with Crippen LogP contribution in [0.4, 0.5) is 5.13 Å². The Balaban J connectivity index is 1.69. The zero-order valence-electron chi connectivity index (χ0n) is 16.7. The van der Waals surface area contributed by atoms with E-state index in [0.717, 1.165) is 34.4 Å². The second-order valence-electron chi connectivity index (χ2n) is 6.47. The highest BCUT2D eigenvalue weighted by molar-refractivity contribution is 7.30. The van der Waals surface area contributed by atoms with Gasteiger partial charge in [0, 0.05) is 5.56 Å². The molecule has 2 heterocycles. The number of thiophene rings is 1. The van der Waals surface area contributed by atoms with E-state index < -0.39 is 0 Å². The summed E-state index contributed by atoms with van der Waals surface area (Å²) in [7, 11) is 0. The highest BCUT2D eigenvalue weighted by Gasteiger charge is 2.20. The lowest BCUT2D eigenvalue weighted by Crippen LogP contribution is -2.11. The van der Waals surface area contributed by atoms with Gasteiger partial charge in [-0.15, -0.1) is 11.3 Å². The van der Waals surface area contributed by atoms with Crippen LogP contribution in [0.5, 0.6) is 5.75 Å². The number of aryl methyl sites for hydroxylation is 1. The van der Waals surface area contributed by atoms with Crippen LogP contribution in [-0.4, -0.2) is 30.1 Å². The van der Waals surface area contributed by atoms with Crippen LogP contribution in [-0.2, 0) is 4.74 Å². The molecule has 0 unspecified atom stereocenters. The van der Waals surface area contributed by atoms with Gasteiger partial charge < -0.3 is 9.47 Å². The SMILES string of the molecule is CCCCCOc1cccc(C(=O)Nc2nc3sc(C(=O)OCC)c(C)c3s2)c1. The normalized spacial score (nSPS) is 10.9. The summed E-state index contributed by atoms with van der Waals surface area (Å²) in [6.07, 6.45) is 3.26. The van der Waals surface area contributed by atoms with Crippen LogP contribution in [0.25, 0.3) is 9.53 Å². The minimum Gasteiger partial charge on any atom is -0.494 e. The number of hydrogen-bond acceptors (Lipinski definition) is 7. The maximum Gasteiger partial charge on any atom is 0.348 e. The topological polar surface area (TPSA) is 77.5 Å². The second-order valence-corrected chi connectivity index (χ2v) is 8.47. The van der Waals surface area contributed by atoms with E-state index in [1.807, 2.05) is 13.0 Å². The molecule has 0 radical (unpaired) electrons. The summed E-state index contributed by atoms with van der Waals surface area (Å²) in [4.78, 5) is 30.4. The number of aromatic nitrogens is 1. The molecule has 1 amide bonds. The number of hydrogen-bond donors (Lipinski definition) is 1. The number of thiazole rings is 1. The van der Waals surface area contributed by atoms with Crippen molar-refractivity contribution in [2.75, 3.05) is 18.5 Å². The number of nitrogens with one attached hydrogen (secondary N) is 1. The molecule has 0 saturated heterocycles. The molecular formula is C21H24N2O4S2. The van der Waals surface area contributed by atoms with Crippen LogP contribution >= 0.6 is 22.7 Å². The molecule has 8 heteroatoms. The van der Waals surface area contributed by atoms with Gasteiger partial charge in [-0.25, -0.2) is 9.78 Å². The van der Waals surface area contributed by atoms with Crippen molar-refractivity contribution in [2.45, 2.75) is 40.0 Å². The molecule has 0 spiro atoms. The summed E-state index contributed by atoms with van der Waals surface area (Å²) in [5, 5.41) is 3.35. The molecule has 0 aliphatic heterocycles. The molecule has 0 aliphatic rings. The summed E-state index contributed by atoms with van der Waals surface area (Å²) < 4.78 is 11.7. The second kappa shape index (κ2) is 9.84. The third-order valence-electron chi connectivity index (χ3n) is 4.27. The Morgan fingerprint density at radius 2 is 2.00 bits per heavy atom. The van der Waals surface area contributed by atoms with Gasteiger partial charge in [-0.3, -0.25) is 10.1 Å². The van der Waals surface area contributed by atoms with Gasteiger partial charge in [-0.2, -0.15) is 0 Å². The van der Waals surface area contributed by atoms with Crippen molar-refractivity contribution in [3.8, 4) is 5.75 Å². The van der Waals surface area contributed by atoms with Crippen LogP contribution in [0.15, 0.2) is 24.3 Å². The third-order valence-corrected chi connectivity index (χ3v) is 6.66. The van der Waals surface area contributed by atoms with Crippen molar-refractivity contribution >= 4 is 49.2 Å². The van der Waals surface area contributed by atoms with E-state index in [9.17, 15) is 9.59 Å². The highest BCUT2D eigenvalue weighted by atomic mass is 32.1. The van der Waals surface area contributed by atoms with Crippen molar-refractivity contribution < 1.29 is 19.1 Å². The van der Waals surface area contributed by atoms with E-state index in [1.54, 1.807) is 25.1 Å². The quantitative estimate of drug-likeness (QED) is 0.348. The lowest BCUT2D eigenvalue weighted by molar-refractivity contribution is 0.0531. The van der Waals surface area contributed by atoms with E-state index in [1.165, 1.54) is 22.7 Å². The Morgan fingerprint density at radius 3 is 2.72 bits per heavy atom. The molecule has 0 fully saturated rings. The van der Waals surface area contributed by atoms with Crippen molar-refractivity contribution in [3.63, 3.8) is 0 Å². The Kier molecular flexibility index (Phi) is 7.22. The van der Waals surface area contributed by atoms with Gasteiger partial charge in [0.15, 0.2) is 5.13 Å². The first-order valence-corrected chi connectivity index (χ1v) is 11.3. The van der Waals surface area contributed by atoms with Gasteiger partial charge in [0.2, 0.25) is 0 Å². The van der Waals surface area contributed by atoms with Crippen LogP contribution in [0, 0.1) is 6.92 Å². The number of amides is 1. The van der Waals surface area contributed by atoms with Crippen molar-refractivity contribution in [1.29, 1.82) is 0 Å². The van der Waals surface area contributed by atoms with Gasteiger partial charge in [-0.1, -0.05) is 37.2 Å². The molecule has 0 bridgehead atoms. The molecule has 0 aliphatic carbocycles. The summed E-state index contributed by atoms with van der Waals surface area (Å²) in [5.74, 6) is 0.110. The first-order chi connectivity index (χ1) is 14.0. The van der Waals surface area contributed by atoms with E-state index in [2.05, 4.69) is 17.2 Å². The van der Waals surface area contributed by atoms with E-state index in [-0.39, 0.29) is 11.9 Å². The number of benzene rings is 1. The number of anilines is 1. The smallest absolute Gasteiger partial charge is 0.348 e. The van der Waals surface area contributed by atoms with Crippen molar-refractivity contribution in [3.05, 3.63) is 40.3 Å². The van der Waals surface area contributed by atoms with E-state index in [4.69, 9.17) is 9.47 Å². The standard InChI is InChI=1S/C21H24N2O4S2/c1-4-6-7-11-27-15-10-8-9-14(12-15)18(24)22-21-23-19-16(29-21)13(3)17(28-19)20(25)26-5-2/h8-10,12H,4-7,11H2,1-3H3,(H,22,23,24). The van der Waals surface area contributed by atoms with Gasteiger partial charge >= 0.3 is 5.97 Å². The zero-order valence-corrected chi connectivity index (χ0v) is 18.4. The van der Waals surface area contributed by atoms with Gasteiger partial charge in [0.05, 0.1) is 17.9 Å². The largest absolute Gasteiger partial charge is 0.494 e. The average molecular weight is 433 g/mol. The average Bonchev–Trinajstić information content (AvgIpc) is 3.24. The Morgan fingerprint density at radius 1 is 1.17 bits per heavy atom. The Bertz CT molecular complexity index is 1010. The molecule has 0 atom stereocenters. The zero-order chi connectivity index (χ0) is 20.8. The van der Waals surface area contributed by atoms with E-state index in [0.29, 0.717) is 34.5 Å². The molecule has 0 saturated carbocycles. The summed E-state index contributed by atoms with van der Waals surface area (Å²) in [6.45, 7) is 6.77. The van der Waals surface area contributed by atoms with Crippen molar-refractivity contribution in [2.24, 2.45) is 0 Å². The van der Waals surface area contributed by atoms with Gasteiger partial charge in [0.25, 0.3) is 5.91 Å². The first-order valence-electron chi connectivity index (χ1n) is 9.64. The number of carbonyl (C=O) groups excluding carboxylic acids is 2. The summed E-state index contributed by atoms with van der Waals surface area (Å²) >= 11 is 2.64. The number of rotatable bonds is 9. The number of ether oxygens (including phenoxy) is 2. The minimum absolute atomic E-state index is 0.242. The number of carbonyl (C=O) groups is 2. The van der Waals surface area contributed by atoms with Gasteiger partial charge in [-0.05, 0) is 44.0 Å². The number of fused-ring (bicyclic) bond motifs is 1. The fourth-order valence-electron chi connectivity index (χ4n) is 2.77. The molecule has 1 N–H and O–H groups in total. The molecule has 2 aromatic heterocycles. The maximum absolute atomic E-state index is 12.6. The molecule has 1 aromatic carbocycles. The number of unbranched alkanes of at least 4 members (excludes halogenated alkanes) is 2. The first kappa shape index (κ1) is 21.3. The predicted octanol–water partition coefficient (Wildman–Crippen LogP) is 5.66. The minimum atomic E-state index is -0.332. The number of esters is 1. The molecular weight excluding hydrogens is 408 g/mol. The monoisotopic (exact) mass is 432 g/mol. The van der Waals surface area contributed by atoms with Crippen LogP contribution < -0.4 is 10.1 Å². The van der Waals surface area contributed by atoms with Crippen LogP contribution in [0.1, 0.15) is 58.7 Å². The summed E-state index contributed by atoms with van der Waals surface area (Å²) in [6, 6.07) is 7.14. The lowest BCUT2D eigenvalue weighted by atomic mass is 10.2. The van der Waals surface area contributed by atoms with Gasteiger partial charge in [0.1, 0.15) is 15.5 Å². The van der Waals surface area contributed by atoms with Crippen molar-refractivity contribution in [1.82, 2.24) is 4.98 Å². The van der Waals surface area contributed by atoms with Crippen LogP contribution in [0.2, 0.25) is 0 Å². The van der Waals surface area contributed by atoms with E-state index >= 15 is 0 Å².